The average molecular weight is 668 g/mol. The number of anilines is 1. The molecular weight excluding hydrogens is 643 g/mol. The summed E-state index contributed by atoms with van der Waals surface area (Å²) < 4.78 is 59.8. The number of amides is 1. The largest absolute Gasteiger partial charge is 0.394 e. The lowest BCUT2D eigenvalue weighted by molar-refractivity contribution is -0.211. The molecule has 2 fully saturated rings. The van der Waals surface area contributed by atoms with E-state index in [0.29, 0.717) is 4.47 Å². The summed E-state index contributed by atoms with van der Waals surface area (Å²) in [4.78, 5) is 15.5. The Hall–Kier alpha value is -3.43. The van der Waals surface area contributed by atoms with Crippen LogP contribution < -0.4 is 4.90 Å². The van der Waals surface area contributed by atoms with Gasteiger partial charge in [0, 0.05) is 22.8 Å². The number of aliphatic hydroxyl groups is 3. The highest BCUT2D eigenvalue weighted by Gasteiger charge is 2.52. The smallest absolute Gasteiger partial charge is 0.259 e. The summed E-state index contributed by atoms with van der Waals surface area (Å²) in [7, 11) is 1.25. The zero-order valence-corrected chi connectivity index (χ0v) is 23.9. The van der Waals surface area contributed by atoms with Crippen LogP contribution >= 0.6 is 15.9 Å². The zero-order valence-electron chi connectivity index (χ0n) is 22.3. The van der Waals surface area contributed by atoms with Gasteiger partial charge in [-0.3, -0.25) is 4.79 Å². The SMILES string of the molecule is CO[C@@H]1[C@@H](n2cc(-c3cc(F)c(F)c(F)c3)nn2)[C@@H](O)[C@@H](CO)O[C@H]1C(=O)N(c1cc(Br)cc(C#N)c1)[C@@H]1COC[C@H]1O. The molecule has 0 saturated carbocycles. The van der Waals surface area contributed by atoms with Crippen molar-refractivity contribution in [1.29, 1.82) is 5.26 Å². The molecule has 2 aromatic carbocycles. The molecule has 2 saturated heterocycles. The molecule has 0 spiro atoms. The maximum absolute atomic E-state index is 14.3. The first-order chi connectivity index (χ1) is 20.6. The molecule has 2 aliphatic heterocycles. The van der Waals surface area contributed by atoms with Crippen LogP contribution in [-0.2, 0) is 19.0 Å². The number of hydrogen-bond donors (Lipinski definition) is 3. The number of ether oxygens (including phenoxy) is 3. The maximum Gasteiger partial charge on any atom is 0.259 e. The summed E-state index contributed by atoms with van der Waals surface area (Å²) in [5.74, 6) is -5.29. The van der Waals surface area contributed by atoms with Crippen molar-refractivity contribution in [3.05, 3.63) is 64.0 Å². The monoisotopic (exact) mass is 667 g/mol. The second-order valence-corrected chi connectivity index (χ2v) is 10.9. The van der Waals surface area contributed by atoms with E-state index in [9.17, 15) is 38.5 Å². The van der Waals surface area contributed by atoms with Crippen LogP contribution in [0.25, 0.3) is 11.3 Å². The molecule has 3 aromatic rings. The van der Waals surface area contributed by atoms with Crippen molar-refractivity contribution >= 4 is 27.5 Å². The summed E-state index contributed by atoms with van der Waals surface area (Å²) in [6, 6.07) is 5.88. The van der Waals surface area contributed by atoms with Gasteiger partial charge in [0.05, 0.1) is 43.7 Å². The number of aliphatic hydroxyl groups excluding tert-OH is 3. The Bertz CT molecular complexity index is 1530. The summed E-state index contributed by atoms with van der Waals surface area (Å²) >= 11 is 3.33. The van der Waals surface area contributed by atoms with Crippen LogP contribution in [-0.4, -0.2) is 99.7 Å². The van der Waals surface area contributed by atoms with Crippen molar-refractivity contribution in [2.45, 2.75) is 42.6 Å². The highest BCUT2D eigenvalue weighted by atomic mass is 79.9. The first-order valence-corrected chi connectivity index (χ1v) is 13.7. The van der Waals surface area contributed by atoms with Crippen molar-refractivity contribution in [3.8, 4) is 17.3 Å². The topological polar surface area (TPSA) is 163 Å². The molecule has 12 nitrogen and oxygen atoms in total. The Labute approximate surface area is 250 Å². The Balaban J connectivity index is 1.55. The van der Waals surface area contributed by atoms with Crippen molar-refractivity contribution in [3.63, 3.8) is 0 Å². The van der Waals surface area contributed by atoms with Gasteiger partial charge < -0.3 is 34.4 Å². The zero-order chi connectivity index (χ0) is 31.0. The summed E-state index contributed by atoms with van der Waals surface area (Å²) in [5, 5.41) is 49.2. The third kappa shape index (κ3) is 5.89. The Morgan fingerprint density at radius 2 is 1.93 bits per heavy atom. The van der Waals surface area contributed by atoms with Crippen molar-refractivity contribution in [2.24, 2.45) is 0 Å². The fraction of sp³-hybridized carbons (Fsp3) is 0.407. The van der Waals surface area contributed by atoms with Crippen LogP contribution in [0.1, 0.15) is 11.6 Å². The van der Waals surface area contributed by atoms with Crippen molar-refractivity contribution in [2.75, 3.05) is 31.8 Å². The van der Waals surface area contributed by atoms with Gasteiger partial charge in [0.1, 0.15) is 36.2 Å². The number of carbonyl (C=O) groups excluding carboxylic acids is 1. The van der Waals surface area contributed by atoms with E-state index in [-0.39, 0.29) is 35.7 Å². The Kier molecular flexibility index (Phi) is 9.13. The molecular formula is C27H25BrF3N5O7. The van der Waals surface area contributed by atoms with Crippen molar-refractivity contribution in [1.82, 2.24) is 15.0 Å². The molecule has 3 heterocycles. The molecule has 3 N–H and O–H groups in total. The Morgan fingerprint density at radius 3 is 2.53 bits per heavy atom. The van der Waals surface area contributed by atoms with Crippen LogP contribution in [0, 0.1) is 28.8 Å². The maximum atomic E-state index is 14.3. The van der Waals surface area contributed by atoms with E-state index in [4.69, 9.17) is 14.2 Å². The second kappa shape index (κ2) is 12.7. The molecule has 16 heteroatoms. The first kappa shape index (κ1) is 31.0. The number of aromatic nitrogens is 3. The minimum Gasteiger partial charge on any atom is -0.394 e. The second-order valence-electron chi connectivity index (χ2n) is 9.99. The van der Waals surface area contributed by atoms with Gasteiger partial charge in [-0.25, -0.2) is 17.9 Å². The summed E-state index contributed by atoms with van der Waals surface area (Å²) in [6.07, 6.45) is -5.52. The normalized spacial score (nSPS) is 27.2. The molecule has 1 aromatic heterocycles. The standard InChI is InChI=1S/C27H25BrF3N5O7/c1-41-25-23(35-8-18(33-34-35)13-4-16(29)22(31)17(30)5-13)24(39)21(9-37)43-26(25)27(40)36(19-10-42-11-20(19)38)15-3-12(7-32)2-14(28)6-15/h2-6,8,19-21,23-26,37-39H,9-11H2,1H3/t19-,20-,21-,23+,24+,25-,26-/m1/s1. The molecule has 0 aliphatic carbocycles. The number of halogens is 4. The van der Waals surface area contributed by atoms with Gasteiger partial charge in [-0.15, -0.1) is 5.10 Å². The van der Waals surface area contributed by atoms with Gasteiger partial charge in [0.15, 0.2) is 23.6 Å². The van der Waals surface area contributed by atoms with E-state index in [1.807, 2.05) is 6.07 Å². The van der Waals surface area contributed by atoms with Gasteiger partial charge in [0.25, 0.3) is 5.91 Å². The number of hydrogen-bond acceptors (Lipinski definition) is 10. The van der Waals surface area contributed by atoms with Crippen molar-refractivity contribution < 1.29 is 47.5 Å². The number of benzene rings is 2. The summed E-state index contributed by atoms with van der Waals surface area (Å²) in [5.41, 5.74) is 0.221. The third-order valence-corrected chi connectivity index (χ3v) is 7.82. The van der Waals surface area contributed by atoms with Crippen LogP contribution in [0.5, 0.6) is 0 Å². The fourth-order valence-electron chi connectivity index (χ4n) is 5.29. The quantitative estimate of drug-likeness (QED) is 0.315. The first-order valence-electron chi connectivity index (χ1n) is 12.9. The lowest BCUT2D eigenvalue weighted by Gasteiger charge is -2.45. The molecule has 43 heavy (non-hydrogen) atoms. The Morgan fingerprint density at radius 1 is 1.21 bits per heavy atom. The van der Waals surface area contributed by atoms with Crippen LogP contribution in [0.15, 0.2) is 41.0 Å². The fourth-order valence-corrected chi connectivity index (χ4v) is 5.77. The van der Waals surface area contributed by atoms with E-state index in [2.05, 4.69) is 26.2 Å². The number of carbonyl (C=O) groups is 1. The highest BCUT2D eigenvalue weighted by Crippen LogP contribution is 2.36. The molecule has 0 bridgehead atoms. The van der Waals surface area contributed by atoms with E-state index < -0.39 is 72.6 Å². The van der Waals surface area contributed by atoms with Gasteiger partial charge in [0.2, 0.25) is 0 Å². The van der Waals surface area contributed by atoms with Gasteiger partial charge in [-0.2, -0.15) is 5.26 Å². The lowest BCUT2D eigenvalue weighted by atomic mass is 9.91. The lowest BCUT2D eigenvalue weighted by Crippen LogP contribution is -2.63. The molecule has 5 rings (SSSR count). The van der Waals surface area contributed by atoms with Gasteiger partial charge in [-0.05, 0) is 30.3 Å². The molecule has 0 unspecified atom stereocenters. The van der Waals surface area contributed by atoms with Crippen LogP contribution in [0.4, 0.5) is 18.9 Å². The van der Waals surface area contributed by atoms with Gasteiger partial charge in [-0.1, -0.05) is 21.1 Å². The highest BCUT2D eigenvalue weighted by molar-refractivity contribution is 9.10. The van der Waals surface area contributed by atoms with E-state index in [0.717, 1.165) is 16.8 Å². The van der Waals surface area contributed by atoms with E-state index in [1.165, 1.54) is 30.3 Å². The number of rotatable bonds is 7. The van der Waals surface area contributed by atoms with Crippen LogP contribution in [0.2, 0.25) is 0 Å². The molecule has 2 aliphatic rings. The minimum absolute atomic E-state index is 0.0433. The third-order valence-electron chi connectivity index (χ3n) is 7.36. The molecule has 228 valence electrons. The predicted molar refractivity (Wildman–Crippen MR) is 144 cm³/mol. The molecule has 0 radical (unpaired) electrons. The molecule has 7 atom stereocenters. The number of methoxy groups -OCH3 is 1. The van der Waals surface area contributed by atoms with E-state index in [1.54, 1.807) is 6.07 Å². The van der Waals surface area contributed by atoms with E-state index >= 15 is 0 Å². The number of nitrogens with zero attached hydrogens (tertiary/aromatic N) is 5. The average Bonchev–Trinajstić information content (AvgIpc) is 3.64. The summed E-state index contributed by atoms with van der Waals surface area (Å²) in [6.45, 7) is -0.823. The minimum atomic E-state index is -1.66. The number of nitriles is 1. The molecule has 1 amide bonds. The van der Waals surface area contributed by atoms with Gasteiger partial charge >= 0.3 is 0 Å². The van der Waals surface area contributed by atoms with Crippen LogP contribution in [0.3, 0.4) is 0 Å². The predicted octanol–water partition coefficient (Wildman–Crippen LogP) is 1.47.